The summed E-state index contributed by atoms with van der Waals surface area (Å²) in [5, 5.41) is 0. The molecular formula is C60H36N4Ni. The molecule has 65 heavy (non-hydrogen) atoms. The number of fused-ring (bicyclic) bond motifs is 8. The summed E-state index contributed by atoms with van der Waals surface area (Å²) >= 11 is 0. The maximum atomic E-state index is 5.63. The van der Waals surface area contributed by atoms with E-state index in [1.54, 1.807) is 0 Å². The summed E-state index contributed by atoms with van der Waals surface area (Å²) < 4.78 is 0. The largest absolute Gasteiger partial charge is 2.00 e. The minimum Gasteiger partial charge on any atom is -0.657 e. The third-order valence-electron chi connectivity index (χ3n) is 11.3. The van der Waals surface area contributed by atoms with E-state index in [0.29, 0.717) is 0 Å². The van der Waals surface area contributed by atoms with Crippen molar-refractivity contribution in [3.8, 4) is 68.2 Å². The molecule has 11 rings (SSSR count). The average Bonchev–Trinajstić information content (AvgIpc) is 4.19. The van der Waals surface area contributed by atoms with Gasteiger partial charge >= 0.3 is 16.5 Å². The maximum absolute atomic E-state index is 5.63. The van der Waals surface area contributed by atoms with Gasteiger partial charge in [-0.15, -0.1) is 22.1 Å². The molecule has 0 fully saturated rings. The van der Waals surface area contributed by atoms with Gasteiger partial charge in [-0.05, 0) is 87.0 Å². The minimum atomic E-state index is 0. The fourth-order valence-electron chi connectivity index (χ4n) is 8.35. The molecule has 5 heteroatoms. The van der Waals surface area contributed by atoms with Crippen molar-refractivity contribution in [3.05, 3.63) is 240 Å². The van der Waals surface area contributed by atoms with Gasteiger partial charge in [-0.3, -0.25) is 0 Å². The van der Waals surface area contributed by atoms with Crippen LogP contribution >= 0.6 is 0 Å². The molecule has 9 aromatic rings. The molecule has 0 atom stereocenters. The van der Waals surface area contributed by atoms with Crippen molar-refractivity contribution in [3.63, 3.8) is 0 Å². The third-order valence-corrected chi connectivity index (χ3v) is 11.3. The molecular weight excluding hydrogens is 835 g/mol. The predicted molar refractivity (Wildman–Crippen MR) is 263 cm³/mol. The van der Waals surface area contributed by atoms with Crippen molar-refractivity contribution in [1.82, 2.24) is 19.9 Å². The van der Waals surface area contributed by atoms with Crippen LogP contribution in [-0.4, -0.2) is 9.97 Å². The zero-order chi connectivity index (χ0) is 42.7. The van der Waals surface area contributed by atoms with Gasteiger partial charge in [0, 0.05) is 16.7 Å². The molecule has 4 nitrogen and oxygen atoms in total. The summed E-state index contributed by atoms with van der Waals surface area (Å²) in [7, 11) is 0. The fraction of sp³-hybridized carbons (Fsp3) is 0. The van der Waals surface area contributed by atoms with Gasteiger partial charge in [0.05, 0.1) is 28.3 Å². The molecule has 6 aromatic carbocycles. The molecule has 5 heterocycles. The van der Waals surface area contributed by atoms with Gasteiger partial charge in [0.2, 0.25) is 0 Å². The van der Waals surface area contributed by atoms with Crippen LogP contribution in [0.2, 0.25) is 0 Å². The second-order valence-corrected chi connectivity index (χ2v) is 15.4. The summed E-state index contributed by atoms with van der Waals surface area (Å²) in [4.78, 5) is 22.1. The van der Waals surface area contributed by atoms with Crippen molar-refractivity contribution >= 4 is 45.9 Å². The van der Waals surface area contributed by atoms with E-state index >= 15 is 0 Å². The Hall–Kier alpha value is -8.47. The van der Waals surface area contributed by atoms with Crippen LogP contribution in [0.4, 0.5) is 0 Å². The number of aromatic nitrogens is 4. The first-order valence-electron chi connectivity index (χ1n) is 21.2. The minimum absolute atomic E-state index is 0. The first-order chi connectivity index (χ1) is 31.7. The SMILES string of the molecule is C(#Cc1ccccc1)C1=Cc2nc1c(-c1ccccc1)c1cc(C#Cc3ccccc3)c([n-]1)c(-c1ccccc1)c1nc(c(-c3ccccc3)c3ccc([n-]3)c2-c2ccccc2)C=C1.[Ni+2]. The van der Waals surface area contributed by atoms with E-state index < -0.39 is 0 Å². The van der Waals surface area contributed by atoms with Crippen molar-refractivity contribution in [2.45, 2.75) is 0 Å². The van der Waals surface area contributed by atoms with E-state index in [-0.39, 0.29) is 16.5 Å². The van der Waals surface area contributed by atoms with Crippen LogP contribution in [0, 0.1) is 23.7 Å². The molecule has 8 bridgehead atoms. The van der Waals surface area contributed by atoms with Crippen molar-refractivity contribution in [1.29, 1.82) is 0 Å². The molecule has 0 amide bonds. The third kappa shape index (κ3) is 8.17. The summed E-state index contributed by atoms with van der Waals surface area (Å²) in [6.07, 6.45) is 6.30. The number of benzene rings is 6. The van der Waals surface area contributed by atoms with Gasteiger partial charge < -0.3 is 9.97 Å². The van der Waals surface area contributed by atoms with Crippen LogP contribution < -0.4 is 9.97 Å². The summed E-state index contributed by atoms with van der Waals surface area (Å²) in [5.41, 5.74) is 16.9. The van der Waals surface area contributed by atoms with Crippen LogP contribution in [0.15, 0.2) is 200 Å². The molecule has 0 saturated heterocycles. The summed E-state index contributed by atoms with van der Waals surface area (Å²) in [6, 6.07) is 67.9. The summed E-state index contributed by atoms with van der Waals surface area (Å²) in [5.74, 6) is 14.0. The molecule has 0 radical (unpaired) electrons. The van der Waals surface area contributed by atoms with Crippen molar-refractivity contribution < 1.29 is 16.5 Å². The second-order valence-electron chi connectivity index (χ2n) is 15.4. The van der Waals surface area contributed by atoms with Gasteiger partial charge in [-0.25, -0.2) is 9.97 Å². The van der Waals surface area contributed by atoms with Gasteiger partial charge in [-0.1, -0.05) is 200 Å². The van der Waals surface area contributed by atoms with Gasteiger partial charge in [-0.2, -0.15) is 0 Å². The van der Waals surface area contributed by atoms with E-state index in [1.165, 1.54) is 0 Å². The molecule has 0 aliphatic carbocycles. The van der Waals surface area contributed by atoms with Gasteiger partial charge in [0.1, 0.15) is 0 Å². The normalized spacial score (nSPS) is 11.4. The predicted octanol–water partition coefficient (Wildman–Crippen LogP) is 13.4. The zero-order valence-electron chi connectivity index (χ0n) is 34.9. The Kier molecular flexibility index (Phi) is 11.3. The Labute approximate surface area is 388 Å². The number of allylic oxidation sites excluding steroid dienone is 1. The Morgan fingerprint density at radius 2 is 0.785 bits per heavy atom. The van der Waals surface area contributed by atoms with Gasteiger partial charge in [0.15, 0.2) is 0 Å². The van der Waals surface area contributed by atoms with Crippen LogP contribution in [0.1, 0.15) is 39.5 Å². The molecule has 2 aliphatic rings. The number of hydrogen-bond acceptors (Lipinski definition) is 2. The second kappa shape index (κ2) is 18.1. The maximum Gasteiger partial charge on any atom is 2.00 e. The first-order valence-corrected chi connectivity index (χ1v) is 21.2. The Morgan fingerprint density at radius 1 is 0.354 bits per heavy atom. The Bertz CT molecular complexity index is 3570. The Balaban J connectivity index is 0.00000498. The van der Waals surface area contributed by atoms with Crippen molar-refractivity contribution in [2.75, 3.05) is 0 Å². The van der Waals surface area contributed by atoms with E-state index in [4.69, 9.17) is 19.9 Å². The van der Waals surface area contributed by atoms with E-state index in [2.05, 4.69) is 157 Å². The molecule has 0 unspecified atom stereocenters. The summed E-state index contributed by atoms with van der Waals surface area (Å²) in [6.45, 7) is 0. The standard InChI is InChI=1S/C60H36N4.Ni/c1-7-19-41(20-8-1)31-33-47-39-53-56(44-25-13-4-14-26-44)51-36-35-49(61-51)55(43-23-11-3-12-24-43)50-37-38-52(62-50)57(45-27-15-5-16-28-45)59-48(34-32-42-21-9-2-10-22-42)40-54(64-59)58(60(47)63-53)46-29-17-6-18-30-46;/h1-30,35-40H;/q-2;+2. The zero-order valence-corrected chi connectivity index (χ0v) is 35.9. The van der Waals surface area contributed by atoms with Crippen LogP contribution in [0.3, 0.4) is 0 Å². The van der Waals surface area contributed by atoms with E-state index in [0.717, 1.165) is 112 Å². The molecule has 306 valence electrons. The monoisotopic (exact) mass is 870 g/mol. The number of rotatable bonds is 4. The van der Waals surface area contributed by atoms with Crippen LogP contribution in [0.5, 0.6) is 0 Å². The quantitative estimate of drug-likeness (QED) is 0.131. The molecule has 3 aromatic heterocycles. The van der Waals surface area contributed by atoms with Crippen LogP contribution in [0.25, 0.3) is 90.4 Å². The number of nitrogens with zero attached hydrogens (tertiary/aromatic N) is 4. The topological polar surface area (TPSA) is 54.0 Å². The first kappa shape index (κ1) is 40.6. The molecule has 0 saturated carbocycles. The van der Waals surface area contributed by atoms with Crippen LogP contribution in [-0.2, 0) is 16.5 Å². The fourth-order valence-corrected chi connectivity index (χ4v) is 8.35. The molecule has 2 aliphatic heterocycles. The van der Waals surface area contributed by atoms with E-state index in [9.17, 15) is 0 Å². The smallest absolute Gasteiger partial charge is 0.657 e. The Morgan fingerprint density at radius 3 is 1.31 bits per heavy atom. The average molecular weight is 872 g/mol. The van der Waals surface area contributed by atoms with E-state index in [1.807, 2.05) is 84.9 Å². The van der Waals surface area contributed by atoms with Gasteiger partial charge in [0.25, 0.3) is 0 Å². The number of hydrogen-bond donors (Lipinski definition) is 0. The molecule has 0 N–H and O–H groups in total. The van der Waals surface area contributed by atoms with Crippen molar-refractivity contribution in [2.24, 2.45) is 0 Å². The molecule has 0 spiro atoms.